The molecule has 0 aliphatic carbocycles. The average Bonchev–Trinajstić information content (AvgIpc) is 3.01. The Balaban J connectivity index is 2.06. The summed E-state index contributed by atoms with van der Waals surface area (Å²) >= 11 is 6.22. The van der Waals surface area contributed by atoms with Gasteiger partial charge in [0, 0.05) is 23.7 Å². The molecule has 9 nitrogen and oxygen atoms in total. The molecule has 0 spiro atoms. The van der Waals surface area contributed by atoms with E-state index in [2.05, 4.69) is 20.9 Å². The monoisotopic (exact) mass is 422 g/mol. The van der Waals surface area contributed by atoms with Crippen molar-refractivity contribution in [3.05, 3.63) is 46.1 Å². The Bertz CT molecular complexity index is 961. The lowest BCUT2D eigenvalue weighted by atomic mass is 10.0. The van der Waals surface area contributed by atoms with Crippen molar-refractivity contribution in [3.63, 3.8) is 0 Å². The van der Waals surface area contributed by atoms with E-state index in [1.54, 1.807) is 0 Å². The summed E-state index contributed by atoms with van der Waals surface area (Å²) in [5.74, 6) is -1.38. The highest BCUT2D eigenvalue weighted by atomic mass is 35.5. The van der Waals surface area contributed by atoms with Gasteiger partial charge >= 0.3 is 0 Å². The predicted octanol–water partition coefficient (Wildman–Crippen LogP) is 0.755. The van der Waals surface area contributed by atoms with Gasteiger partial charge in [0.05, 0.1) is 11.7 Å². The van der Waals surface area contributed by atoms with Crippen molar-refractivity contribution in [1.29, 1.82) is 0 Å². The molecule has 0 fully saturated rings. The molecule has 2 aromatic rings. The number of imidazole rings is 1. The fraction of sp³-hybridized carbons (Fsp3) is 0.333. The van der Waals surface area contributed by atoms with Crippen LogP contribution in [0.1, 0.15) is 27.9 Å². The summed E-state index contributed by atoms with van der Waals surface area (Å²) in [7, 11) is 3.74. The fourth-order valence-electron chi connectivity index (χ4n) is 3.11. The molecule has 0 saturated heterocycles. The number of carbonyl (C=O) groups excluding carboxylic acids is 3. The number of rotatable bonds is 7. The summed E-state index contributed by atoms with van der Waals surface area (Å²) in [5.41, 5.74) is 0.622. The first kappa shape index (κ1) is 20.7. The zero-order valence-electron chi connectivity index (χ0n) is 15.8. The van der Waals surface area contributed by atoms with Gasteiger partial charge in [-0.15, -0.1) is 0 Å². The van der Waals surface area contributed by atoms with Crippen LogP contribution in [0.4, 0.5) is 10.2 Å². The number of halogens is 2. The van der Waals surface area contributed by atoms with Crippen LogP contribution in [0, 0.1) is 5.82 Å². The van der Waals surface area contributed by atoms with Gasteiger partial charge in [-0.3, -0.25) is 14.4 Å². The summed E-state index contributed by atoms with van der Waals surface area (Å²) in [5, 5.41) is 8.12. The first-order chi connectivity index (χ1) is 13.8. The lowest BCUT2D eigenvalue weighted by Gasteiger charge is -2.27. The van der Waals surface area contributed by atoms with Crippen molar-refractivity contribution in [1.82, 2.24) is 25.1 Å². The number of nitrogens with one attached hydrogen (secondary N) is 3. The highest BCUT2D eigenvalue weighted by molar-refractivity contribution is 6.31. The van der Waals surface area contributed by atoms with Crippen LogP contribution in [0.2, 0.25) is 5.02 Å². The predicted molar refractivity (Wildman–Crippen MR) is 104 cm³/mol. The standard InChI is InChI=1S/C18H20ClFN6O3/c1-25(2)6-5-21-18(29)17-24-16(22-9-27)15-14(23-13(28)8-26(15)17)11-7-10(20)3-4-12(11)19/h3-4,7,9,14H,5-6,8H2,1-2H3,(H,21,29)(H,22,27)(H,23,28). The van der Waals surface area contributed by atoms with Crippen molar-refractivity contribution >= 4 is 35.6 Å². The number of carbonyl (C=O) groups is 3. The molecule has 1 aliphatic rings. The fourth-order valence-corrected chi connectivity index (χ4v) is 3.33. The zero-order chi connectivity index (χ0) is 21.1. The molecule has 29 heavy (non-hydrogen) atoms. The number of likely N-dealkylation sites (N-methyl/N-ethyl adjacent to an activating group) is 1. The van der Waals surface area contributed by atoms with Gasteiger partial charge in [0.25, 0.3) is 5.91 Å². The molecule has 1 aliphatic heterocycles. The molecule has 1 aromatic heterocycles. The number of hydrogen-bond acceptors (Lipinski definition) is 5. The van der Waals surface area contributed by atoms with Crippen LogP contribution < -0.4 is 16.0 Å². The van der Waals surface area contributed by atoms with Crippen molar-refractivity contribution in [3.8, 4) is 0 Å². The quantitative estimate of drug-likeness (QED) is 0.571. The third-order valence-electron chi connectivity index (χ3n) is 4.40. The van der Waals surface area contributed by atoms with Crippen LogP contribution in [0.15, 0.2) is 18.2 Å². The minimum absolute atomic E-state index is 0.0320. The maximum atomic E-state index is 13.8. The van der Waals surface area contributed by atoms with E-state index < -0.39 is 23.7 Å². The van der Waals surface area contributed by atoms with Gasteiger partial charge in [0.2, 0.25) is 18.1 Å². The van der Waals surface area contributed by atoms with Crippen LogP contribution in [0.5, 0.6) is 0 Å². The summed E-state index contributed by atoms with van der Waals surface area (Å²) in [6, 6.07) is 2.87. The number of hydrogen-bond donors (Lipinski definition) is 3. The van der Waals surface area contributed by atoms with E-state index >= 15 is 0 Å². The Morgan fingerprint density at radius 1 is 1.48 bits per heavy atom. The number of anilines is 1. The summed E-state index contributed by atoms with van der Waals surface area (Å²) in [6.45, 7) is 0.805. The van der Waals surface area contributed by atoms with E-state index in [0.717, 1.165) is 0 Å². The second-order valence-corrected chi connectivity index (χ2v) is 7.15. The first-order valence-electron chi connectivity index (χ1n) is 8.79. The molecule has 11 heteroatoms. The number of benzene rings is 1. The topological polar surface area (TPSA) is 108 Å². The van der Waals surface area contributed by atoms with Crippen LogP contribution in [0.25, 0.3) is 0 Å². The number of aromatic nitrogens is 2. The molecule has 0 radical (unpaired) electrons. The van der Waals surface area contributed by atoms with Gasteiger partial charge in [0.1, 0.15) is 12.4 Å². The average molecular weight is 423 g/mol. The molecule has 1 unspecified atom stereocenters. The van der Waals surface area contributed by atoms with Gasteiger partial charge in [-0.1, -0.05) is 11.6 Å². The van der Waals surface area contributed by atoms with E-state index in [1.165, 1.54) is 22.8 Å². The largest absolute Gasteiger partial charge is 0.348 e. The summed E-state index contributed by atoms with van der Waals surface area (Å²) in [4.78, 5) is 42.1. The SMILES string of the molecule is CN(C)CCNC(=O)c1nc(NC=O)c2n1CC(=O)NC2c1cc(F)ccc1Cl. The Hall–Kier alpha value is -2.98. The van der Waals surface area contributed by atoms with Crippen molar-refractivity contribution in [2.24, 2.45) is 0 Å². The van der Waals surface area contributed by atoms with E-state index in [9.17, 15) is 18.8 Å². The maximum Gasteiger partial charge on any atom is 0.287 e. The number of fused-ring (bicyclic) bond motifs is 1. The minimum atomic E-state index is -0.891. The van der Waals surface area contributed by atoms with Gasteiger partial charge < -0.3 is 25.4 Å². The molecule has 3 rings (SSSR count). The van der Waals surface area contributed by atoms with Crippen molar-refractivity contribution in [2.45, 2.75) is 12.6 Å². The summed E-state index contributed by atoms with van der Waals surface area (Å²) < 4.78 is 15.2. The Morgan fingerprint density at radius 2 is 2.24 bits per heavy atom. The second-order valence-electron chi connectivity index (χ2n) is 6.74. The second kappa shape index (κ2) is 8.58. The third-order valence-corrected chi connectivity index (χ3v) is 4.74. The normalized spacial score (nSPS) is 15.6. The van der Waals surface area contributed by atoms with Gasteiger partial charge in [-0.2, -0.15) is 0 Å². The Kier molecular flexibility index (Phi) is 6.14. The molecular weight excluding hydrogens is 403 g/mol. The lowest BCUT2D eigenvalue weighted by Crippen LogP contribution is -2.41. The van der Waals surface area contributed by atoms with Gasteiger partial charge in [-0.25, -0.2) is 9.37 Å². The maximum absolute atomic E-state index is 13.8. The molecule has 3 amide bonds. The molecular formula is C18H20ClFN6O3. The van der Waals surface area contributed by atoms with E-state index in [1.807, 2.05) is 19.0 Å². The highest BCUT2D eigenvalue weighted by Gasteiger charge is 2.35. The highest BCUT2D eigenvalue weighted by Crippen LogP contribution is 2.35. The molecule has 1 atom stereocenters. The molecule has 0 bridgehead atoms. The molecule has 2 heterocycles. The van der Waals surface area contributed by atoms with Crippen LogP contribution >= 0.6 is 11.6 Å². The zero-order valence-corrected chi connectivity index (χ0v) is 16.6. The van der Waals surface area contributed by atoms with E-state index in [-0.39, 0.29) is 28.8 Å². The van der Waals surface area contributed by atoms with E-state index in [0.29, 0.717) is 25.2 Å². The summed E-state index contributed by atoms with van der Waals surface area (Å²) in [6.07, 6.45) is 0.414. The number of amides is 3. The lowest BCUT2D eigenvalue weighted by molar-refractivity contribution is -0.123. The molecule has 3 N–H and O–H groups in total. The van der Waals surface area contributed by atoms with Gasteiger partial charge in [0.15, 0.2) is 5.82 Å². The Labute approximate surface area is 171 Å². The van der Waals surface area contributed by atoms with Crippen molar-refractivity contribution < 1.29 is 18.8 Å². The van der Waals surface area contributed by atoms with E-state index in [4.69, 9.17) is 11.6 Å². The van der Waals surface area contributed by atoms with Crippen molar-refractivity contribution in [2.75, 3.05) is 32.5 Å². The molecule has 154 valence electrons. The van der Waals surface area contributed by atoms with Crippen LogP contribution in [0.3, 0.4) is 0 Å². The number of nitrogens with zero attached hydrogens (tertiary/aromatic N) is 3. The molecule has 1 aromatic carbocycles. The van der Waals surface area contributed by atoms with Gasteiger partial charge in [-0.05, 0) is 32.3 Å². The Morgan fingerprint density at radius 3 is 2.93 bits per heavy atom. The first-order valence-corrected chi connectivity index (χ1v) is 9.17. The third kappa shape index (κ3) is 4.38. The smallest absolute Gasteiger partial charge is 0.287 e. The van der Waals surface area contributed by atoms with Crippen LogP contribution in [-0.4, -0.2) is 59.9 Å². The van der Waals surface area contributed by atoms with Crippen LogP contribution in [-0.2, 0) is 16.1 Å². The molecule has 0 saturated carbocycles. The minimum Gasteiger partial charge on any atom is -0.348 e.